The maximum atomic E-state index is 13.7. The van der Waals surface area contributed by atoms with E-state index < -0.39 is 0 Å². The fourth-order valence-corrected chi connectivity index (χ4v) is 2.22. The number of hydrogen-bond donors (Lipinski definition) is 0. The highest BCUT2D eigenvalue weighted by Gasteiger charge is 2.24. The zero-order valence-electron chi connectivity index (χ0n) is 9.45. The van der Waals surface area contributed by atoms with E-state index in [4.69, 9.17) is 11.6 Å². The van der Waals surface area contributed by atoms with Gasteiger partial charge in [0, 0.05) is 31.9 Å². The lowest BCUT2D eigenvalue weighted by molar-refractivity contribution is 0.273. The summed E-state index contributed by atoms with van der Waals surface area (Å²) in [5, 5.41) is 0.336. The maximum absolute atomic E-state index is 13.7. The van der Waals surface area contributed by atoms with Gasteiger partial charge in [-0.15, -0.1) is 0 Å². The number of anilines is 1. The molecule has 1 fully saturated rings. The quantitative estimate of drug-likeness (QED) is 0.752. The maximum Gasteiger partial charge on any atom is 0.167 e. The molecule has 0 saturated carbocycles. The fourth-order valence-electron chi connectivity index (χ4n) is 2.07. The first-order chi connectivity index (χ1) is 7.58. The molecule has 1 saturated heterocycles. The van der Waals surface area contributed by atoms with Crippen LogP contribution in [0.25, 0.3) is 0 Å². The number of hydrogen-bond acceptors (Lipinski definition) is 3. The molecule has 5 heteroatoms. The lowest BCUT2D eigenvalue weighted by Gasteiger charge is -2.39. The Balaban J connectivity index is 2.23. The van der Waals surface area contributed by atoms with Gasteiger partial charge in [0.1, 0.15) is 0 Å². The SMILES string of the molecule is CC1CN(C)CCN1c1ncc(Cl)cc1F. The molecule has 0 aliphatic carbocycles. The van der Waals surface area contributed by atoms with E-state index in [-0.39, 0.29) is 11.9 Å². The molecule has 88 valence electrons. The molecule has 1 aliphatic rings. The molecule has 1 unspecified atom stereocenters. The molecular weight excluding hydrogens is 229 g/mol. The van der Waals surface area contributed by atoms with Gasteiger partial charge in [-0.3, -0.25) is 0 Å². The minimum absolute atomic E-state index is 0.266. The molecule has 0 aromatic carbocycles. The van der Waals surface area contributed by atoms with Crippen molar-refractivity contribution in [3.05, 3.63) is 23.1 Å². The van der Waals surface area contributed by atoms with E-state index in [0.29, 0.717) is 10.8 Å². The van der Waals surface area contributed by atoms with Crippen molar-refractivity contribution in [3.63, 3.8) is 0 Å². The van der Waals surface area contributed by atoms with E-state index in [2.05, 4.69) is 23.9 Å². The van der Waals surface area contributed by atoms with Crippen molar-refractivity contribution in [2.24, 2.45) is 0 Å². The van der Waals surface area contributed by atoms with Crippen LogP contribution in [0.15, 0.2) is 12.3 Å². The highest BCUT2D eigenvalue weighted by Crippen LogP contribution is 2.23. The second-order valence-corrected chi connectivity index (χ2v) is 4.70. The molecule has 1 aromatic heterocycles. The molecule has 3 nitrogen and oxygen atoms in total. The summed E-state index contributed by atoms with van der Waals surface area (Å²) >= 11 is 5.69. The van der Waals surface area contributed by atoms with E-state index in [1.54, 1.807) is 0 Å². The van der Waals surface area contributed by atoms with Gasteiger partial charge in [-0.2, -0.15) is 0 Å². The lowest BCUT2D eigenvalue weighted by Crippen LogP contribution is -2.51. The van der Waals surface area contributed by atoms with Crippen molar-refractivity contribution < 1.29 is 4.39 Å². The Kier molecular flexibility index (Phi) is 3.30. The van der Waals surface area contributed by atoms with Crippen molar-refractivity contribution in [2.45, 2.75) is 13.0 Å². The van der Waals surface area contributed by atoms with Crippen molar-refractivity contribution >= 4 is 17.4 Å². The number of rotatable bonds is 1. The largest absolute Gasteiger partial charge is 0.349 e. The summed E-state index contributed by atoms with van der Waals surface area (Å²) in [5.74, 6) is 0.0638. The molecule has 0 spiro atoms. The topological polar surface area (TPSA) is 19.4 Å². The van der Waals surface area contributed by atoms with Gasteiger partial charge in [-0.1, -0.05) is 11.6 Å². The number of likely N-dealkylation sites (N-methyl/N-ethyl adjacent to an activating group) is 1. The van der Waals surface area contributed by atoms with Crippen LogP contribution in [0, 0.1) is 5.82 Å². The molecule has 16 heavy (non-hydrogen) atoms. The minimum Gasteiger partial charge on any atom is -0.349 e. The predicted octanol–water partition coefficient (Wildman–Crippen LogP) is 2.01. The highest BCUT2D eigenvalue weighted by atomic mass is 35.5. The van der Waals surface area contributed by atoms with Crippen molar-refractivity contribution in [1.29, 1.82) is 0 Å². The van der Waals surface area contributed by atoms with Gasteiger partial charge in [0.05, 0.1) is 5.02 Å². The van der Waals surface area contributed by atoms with Gasteiger partial charge in [0.15, 0.2) is 11.6 Å². The third-order valence-corrected chi connectivity index (χ3v) is 3.10. The first kappa shape index (κ1) is 11.6. The summed E-state index contributed by atoms with van der Waals surface area (Å²) in [4.78, 5) is 8.30. The van der Waals surface area contributed by atoms with Crippen LogP contribution in [-0.2, 0) is 0 Å². The average molecular weight is 244 g/mol. The van der Waals surface area contributed by atoms with Crippen LogP contribution in [-0.4, -0.2) is 42.6 Å². The highest BCUT2D eigenvalue weighted by molar-refractivity contribution is 6.30. The number of halogens is 2. The predicted molar refractivity (Wildman–Crippen MR) is 63.5 cm³/mol. The van der Waals surface area contributed by atoms with E-state index >= 15 is 0 Å². The minimum atomic E-state index is -0.344. The Bertz CT molecular complexity index is 385. The molecular formula is C11H15ClFN3. The van der Waals surface area contributed by atoms with Crippen molar-refractivity contribution in [2.75, 3.05) is 31.6 Å². The second-order valence-electron chi connectivity index (χ2n) is 4.26. The zero-order chi connectivity index (χ0) is 11.7. The molecule has 0 radical (unpaired) electrons. The van der Waals surface area contributed by atoms with E-state index in [1.807, 2.05) is 4.90 Å². The molecule has 2 rings (SSSR count). The standard InChI is InChI=1S/C11H15ClFN3/c1-8-7-15(2)3-4-16(8)11-10(13)5-9(12)6-14-11/h5-6,8H,3-4,7H2,1-2H3. The van der Waals surface area contributed by atoms with Crippen LogP contribution in [0.1, 0.15) is 6.92 Å². The first-order valence-corrected chi connectivity index (χ1v) is 5.72. The normalized spacial score (nSPS) is 22.5. The third kappa shape index (κ3) is 2.28. The van der Waals surface area contributed by atoms with E-state index in [9.17, 15) is 4.39 Å². The lowest BCUT2D eigenvalue weighted by atomic mass is 10.2. The molecule has 2 heterocycles. The molecule has 0 bridgehead atoms. The molecule has 1 aromatic rings. The van der Waals surface area contributed by atoms with E-state index in [0.717, 1.165) is 19.6 Å². The Morgan fingerprint density at radius 1 is 1.50 bits per heavy atom. The van der Waals surface area contributed by atoms with Crippen LogP contribution in [0.3, 0.4) is 0 Å². The molecule has 1 atom stereocenters. The molecule has 1 aliphatic heterocycles. The zero-order valence-corrected chi connectivity index (χ0v) is 10.2. The van der Waals surface area contributed by atoms with Crippen molar-refractivity contribution in [3.8, 4) is 0 Å². The summed E-state index contributed by atoms with van der Waals surface area (Å²) in [7, 11) is 2.07. The van der Waals surface area contributed by atoms with Gasteiger partial charge in [-0.25, -0.2) is 9.37 Å². The first-order valence-electron chi connectivity index (χ1n) is 5.34. The average Bonchev–Trinajstić information content (AvgIpc) is 2.19. The smallest absolute Gasteiger partial charge is 0.167 e. The summed E-state index contributed by atoms with van der Waals surface area (Å²) in [6.07, 6.45) is 1.49. The second kappa shape index (κ2) is 4.55. The van der Waals surface area contributed by atoms with Gasteiger partial charge in [0.2, 0.25) is 0 Å². The number of aromatic nitrogens is 1. The number of nitrogens with zero attached hydrogens (tertiary/aromatic N) is 3. The summed E-state index contributed by atoms with van der Waals surface area (Å²) in [5.41, 5.74) is 0. The Morgan fingerprint density at radius 3 is 2.88 bits per heavy atom. The van der Waals surface area contributed by atoms with Crippen LogP contribution in [0.2, 0.25) is 5.02 Å². The fraction of sp³-hybridized carbons (Fsp3) is 0.545. The molecule has 0 amide bonds. The third-order valence-electron chi connectivity index (χ3n) is 2.89. The van der Waals surface area contributed by atoms with Crippen LogP contribution < -0.4 is 4.90 Å². The van der Waals surface area contributed by atoms with E-state index in [1.165, 1.54) is 12.3 Å². The van der Waals surface area contributed by atoms with Crippen LogP contribution in [0.4, 0.5) is 10.2 Å². The number of piperazine rings is 1. The number of pyridine rings is 1. The van der Waals surface area contributed by atoms with Gasteiger partial charge >= 0.3 is 0 Å². The van der Waals surface area contributed by atoms with Crippen LogP contribution >= 0.6 is 11.6 Å². The molecule has 0 N–H and O–H groups in total. The van der Waals surface area contributed by atoms with Crippen LogP contribution in [0.5, 0.6) is 0 Å². The van der Waals surface area contributed by atoms with Gasteiger partial charge in [-0.05, 0) is 20.0 Å². The summed E-state index contributed by atoms with van der Waals surface area (Å²) in [6.45, 7) is 4.71. The van der Waals surface area contributed by atoms with Gasteiger partial charge in [0.25, 0.3) is 0 Å². The Morgan fingerprint density at radius 2 is 2.25 bits per heavy atom. The summed E-state index contributed by atoms with van der Waals surface area (Å²) in [6, 6.07) is 1.58. The van der Waals surface area contributed by atoms with Crippen molar-refractivity contribution in [1.82, 2.24) is 9.88 Å². The Labute approximate surface area is 99.8 Å². The monoisotopic (exact) mass is 243 g/mol. The summed E-state index contributed by atoms with van der Waals surface area (Å²) < 4.78 is 13.7. The Hall–Kier alpha value is -0.870. The van der Waals surface area contributed by atoms with Gasteiger partial charge < -0.3 is 9.80 Å².